The maximum atomic E-state index is 12.6. The number of allylic oxidation sites excluding steroid dienone is 2. The predicted octanol–water partition coefficient (Wildman–Crippen LogP) is 7.28. The van der Waals surface area contributed by atoms with Crippen molar-refractivity contribution < 1.29 is 18.5 Å². The summed E-state index contributed by atoms with van der Waals surface area (Å²) in [6, 6.07) is 0. The molecule has 1 N–H and O–H groups in total. The minimum atomic E-state index is -3.57. The van der Waals surface area contributed by atoms with Gasteiger partial charge in [0.2, 0.25) is 0 Å². The highest BCUT2D eigenvalue weighted by atomic mass is 31.2. The third-order valence-corrected chi connectivity index (χ3v) is 7.51. The van der Waals surface area contributed by atoms with Crippen molar-refractivity contribution in [1.29, 1.82) is 0 Å². The molecule has 2 unspecified atom stereocenters. The molecular weight excluding hydrogens is 369 g/mol. The van der Waals surface area contributed by atoms with E-state index >= 15 is 0 Å². The fourth-order valence-corrected chi connectivity index (χ4v) is 5.55. The molecule has 0 rings (SSSR count). The zero-order valence-corrected chi connectivity index (χ0v) is 20.4. The Morgan fingerprint density at radius 1 is 0.821 bits per heavy atom. The van der Waals surface area contributed by atoms with Crippen molar-refractivity contribution in [3.8, 4) is 0 Å². The van der Waals surface area contributed by atoms with Crippen LogP contribution in [-0.2, 0) is 9.09 Å². The van der Waals surface area contributed by atoms with Crippen LogP contribution in [0.1, 0.15) is 104 Å². The Morgan fingerprint density at radius 3 is 1.82 bits per heavy atom. The van der Waals surface area contributed by atoms with Gasteiger partial charge in [0.1, 0.15) is 0 Å². The molecule has 0 aromatic heterocycles. The molecule has 0 aliphatic carbocycles. The third kappa shape index (κ3) is 14.8. The van der Waals surface area contributed by atoms with Crippen LogP contribution in [-0.4, -0.2) is 42.9 Å². The van der Waals surface area contributed by atoms with Crippen molar-refractivity contribution in [1.82, 2.24) is 0 Å². The largest absolute Gasteiger partial charge is 0.385 e. The number of rotatable bonds is 19. The van der Waals surface area contributed by atoms with Gasteiger partial charge in [-0.2, -0.15) is 0 Å². The average molecular weight is 419 g/mol. The average Bonchev–Trinajstić information content (AvgIpc) is 2.61. The van der Waals surface area contributed by atoms with Gasteiger partial charge in [0.05, 0.1) is 27.7 Å². The molecule has 168 valence electrons. The third-order valence-electron chi connectivity index (χ3n) is 5.25. The van der Waals surface area contributed by atoms with E-state index in [1.807, 2.05) is 28.1 Å². The molecule has 0 fully saturated rings. The number of hydrogen-bond donors (Lipinski definition) is 1. The van der Waals surface area contributed by atoms with Crippen LogP contribution >= 0.6 is 7.60 Å². The van der Waals surface area contributed by atoms with Gasteiger partial charge in [-0.3, -0.25) is 4.57 Å². The fraction of sp³-hybridized carbons (Fsp3) is 0.913. The number of hydrogen-bond acceptors (Lipinski definition) is 2. The molecule has 2 atom stereocenters. The highest BCUT2D eigenvalue weighted by Gasteiger charge is 2.41. The number of unbranched alkanes of at least 4 members (excludes halogenated alkanes) is 10. The van der Waals surface area contributed by atoms with Crippen LogP contribution in [0.5, 0.6) is 0 Å². The minimum absolute atomic E-state index is 0.339. The van der Waals surface area contributed by atoms with E-state index in [0.717, 1.165) is 32.1 Å². The van der Waals surface area contributed by atoms with Crippen LogP contribution < -0.4 is 0 Å². The molecule has 0 radical (unpaired) electrons. The standard InChI is InChI=1S/C23H48NO3P/c1-6-8-9-10-11-12-13-14-15-16-17-18-19-20-22-27-28(25,26)23(21-7-2)24(3,4)5/h14-15,23H,6-13,16-22H2,1-5H3/p+1. The van der Waals surface area contributed by atoms with E-state index in [1.54, 1.807) is 0 Å². The first-order valence-electron chi connectivity index (χ1n) is 11.7. The summed E-state index contributed by atoms with van der Waals surface area (Å²) in [5, 5.41) is 0. The Labute approximate surface area is 175 Å². The van der Waals surface area contributed by atoms with E-state index < -0.39 is 7.60 Å². The predicted molar refractivity (Wildman–Crippen MR) is 123 cm³/mol. The van der Waals surface area contributed by atoms with Crippen molar-refractivity contribution in [3.63, 3.8) is 0 Å². The molecule has 0 aromatic rings. The van der Waals surface area contributed by atoms with Crippen LogP contribution in [0, 0.1) is 0 Å². The summed E-state index contributed by atoms with van der Waals surface area (Å²) in [6.45, 7) is 4.70. The molecule has 0 aliphatic rings. The lowest BCUT2D eigenvalue weighted by Crippen LogP contribution is -2.45. The molecule has 0 saturated carbocycles. The van der Waals surface area contributed by atoms with Crippen LogP contribution in [0.25, 0.3) is 0 Å². The summed E-state index contributed by atoms with van der Waals surface area (Å²) >= 11 is 0. The second-order valence-corrected chi connectivity index (χ2v) is 11.0. The van der Waals surface area contributed by atoms with E-state index in [2.05, 4.69) is 19.1 Å². The summed E-state index contributed by atoms with van der Waals surface area (Å²) in [6.07, 6.45) is 21.1. The van der Waals surface area contributed by atoms with Crippen LogP contribution in [0.4, 0.5) is 0 Å². The summed E-state index contributed by atoms with van der Waals surface area (Å²) in [4.78, 5) is 10.4. The monoisotopic (exact) mass is 418 g/mol. The Balaban J connectivity index is 3.70. The fourth-order valence-electron chi connectivity index (χ4n) is 3.52. The molecule has 0 aromatic carbocycles. The summed E-state index contributed by atoms with van der Waals surface area (Å²) in [5.41, 5.74) is 0. The molecule has 0 spiro atoms. The Bertz CT molecular complexity index is 432. The lowest BCUT2D eigenvalue weighted by molar-refractivity contribution is -0.883. The Hall–Kier alpha value is -0.150. The smallest absolute Gasteiger partial charge is 0.320 e. The normalized spacial score (nSPS) is 15.8. The highest BCUT2D eigenvalue weighted by Crippen LogP contribution is 2.51. The van der Waals surface area contributed by atoms with E-state index in [4.69, 9.17) is 4.52 Å². The molecule has 0 heterocycles. The van der Waals surface area contributed by atoms with Gasteiger partial charge >= 0.3 is 7.60 Å². The minimum Gasteiger partial charge on any atom is -0.320 e. The Kier molecular flexibility index (Phi) is 16.5. The number of quaternary nitrogens is 1. The van der Waals surface area contributed by atoms with Crippen molar-refractivity contribution in [2.45, 2.75) is 110 Å². The molecule has 0 amide bonds. The van der Waals surface area contributed by atoms with Gasteiger partial charge in [0.15, 0.2) is 5.78 Å². The molecule has 28 heavy (non-hydrogen) atoms. The Morgan fingerprint density at radius 2 is 1.32 bits per heavy atom. The maximum absolute atomic E-state index is 12.6. The van der Waals surface area contributed by atoms with E-state index in [9.17, 15) is 9.46 Å². The molecule has 0 saturated heterocycles. The van der Waals surface area contributed by atoms with E-state index in [0.29, 0.717) is 17.5 Å². The summed E-state index contributed by atoms with van der Waals surface area (Å²) < 4.78 is 18.5. The molecule has 5 heteroatoms. The SMILES string of the molecule is CCCCCCCCC=CCCCCCCOP(=O)(O)C(CCC)[N+](C)(C)C. The van der Waals surface area contributed by atoms with Gasteiger partial charge in [-0.05, 0) is 38.5 Å². The number of nitrogens with zero attached hydrogens (tertiary/aromatic N) is 1. The molecular formula is C23H49NO3P+. The first-order valence-corrected chi connectivity index (χ1v) is 13.3. The van der Waals surface area contributed by atoms with Crippen molar-refractivity contribution in [2.75, 3.05) is 27.7 Å². The van der Waals surface area contributed by atoms with Crippen molar-refractivity contribution >= 4 is 7.60 Å². The van der Waals surface area contributed by atoms with Gasteiger partial charge < -0.3 is 13.9 Å². The molecule has 4 nitrogen and oxygen atoms in total. The highest BCUT2D eigenvalue weighted by molar-refractivity contribution is 7.53. The molecule has 0 bridgehead atoms. The van der Waals surface area contributed by atoms with Gasteiger partial charge in [0.25, 0.3) is 0 Å². The van der Waals surface area contributed by atoms with Gasteiger partial charge in [-0.15, -0.1) is 0 Å². The summed E-state index contributed by atoms with van der Waals surface area (Å²) in [5.74, 6) is -0.339. The zero-order chi connectivity index (χ0) is 21.3. The van der Waals surface area contributed by atoms with E-state index in [1.165, 1.54) is 51.4 Å². The lowest BCUT2D eigenvalue weighted by atomic mass is 10.1. The topological polar surface area (TPSA) is 46.5 Å². The van der Waals surface area contributed by atoms with Crippen LogP contribution in [0.2, 0.25) is 0 Å². The quantitative estimate of drug-likeness (QED) is 0.104. The second kappa shape index (κ2) is 16.6. The lowest BCUT2D eigenvalue weighted by Gasteiger charge is -2.35. The first kappa shape index (κ1) is 27.8. The van der Waals surface area contributed by atoms with Crippen LogP contribution in [0.15, 0.2) is 12.2 Å². The van der Waals surface area contributed by atoms with Gasteiger partial charge in [0, 0.05) is 6.42 Å². The molecule has 0 aliphatic heterocycles. The first-order chi connectivity index (χ1) is 13.3. The zero-order valence-electron chi connectivity index (χ0n) is 19.5. The maximum Gasteiger partial charge on any atom is 0.385 e. The van der Waals surface area contributed by atoms with Gasteiger partial charge in [-0.25, -0.2) is 0 Å². The second-order valence-electron chi connectivity index (χ2n) is 9.01. The van der Waals surface area contributed by atoms with Crippen LogP contribution in [0.3, 0.4) is 0 Å². The van der Waals surface area contributed by atoms with Crippen molar-refractivity contribution in [3.05, 3.63) is 12.2 Å². The summed E-state index contributed by atoms with van der Waals surface area (Å²) in [7, 11) is 2.33. The van der Waals surface area contributed by atoms with Crippen molar-refractivity contribution in [2.24, 2.45) is 0 Å². The van der Waals surface area contributed by atoms with Gasteiger partial charge in [-0.1, -0.05) is 70.9 Å². The van der Waals surface area contributed by atoms with E-state index in [-0.39, 0.29) is 5.78 Å².